The maximum Gasteiger partial charge on any atom is 0.312 e. The van der Waals surface area contributed by atoms with Gasteiger partial charge in [-0.25, -0.2) is 0 Å². The average molecular weight is 474 g/mol. The van der Waals surface area contributed by atoms with Gasteiger partial charge >= 0.3 is 5.97 Å². The van der Waals surface area contributed by atoms with Gasteiger partial charge in [-0.3, -0.25) is 9.59 Å². The zero-order chi connectivity index (χ0) is 24.7. The first kappa shape index (κ1) is 22.3. The molecule has 2 heterocycles. The number of esters is 1. The van der Waals surface area contributed by atoms with Crippen LogP contribution in [-0.2, 0) is 4.79 Å². The number of rotatable bonds is 5. The number of fused-ring (bicyclic) bond motifs is 3. The highest BCUT2D eigenvalue weighted by molar-refractivity contribution is 5.93. The summed E-state index contributed by atoms with van der Waals surface area (Å²) in [5, 5.41) is 10.7. The quantitative estimate of drug-likeness (QED) is 0.330. The molecule has 0 radical (unpaired) electrons. The minimum Gasteiger partial charge on any atom is -0.507 e. The maximum atomic E-state index is 13.1. The van der Waals surface area contributed by atoms with Crippen LogP contribution in [0.5, 0.6) is 28.7 Å². The highest BCUT2D eigenvalue weighted by Crippen LogP contribution is 2.51. The summed E-state index contributed by atoms with van der Waals surface area (Å²) in [6.45, 7) is 0. The highest BCUT2D eigenvalue weighted by atomic mass is 16.5. The summed E-state index contributed by atoms with van der Waals surface area (Å²) in [5.41, 5.74) is 1.48. The molecule has 0 fully saturated rings. The van der Waals surface area contributed by atoms with Gasteiger partial charge in [0, 0.05) is 34.7 Å². The topological polar surface area (TPSA) is 104 Å². The van der Waals surface area contributed by atoms with Crippen molar-refractivity contribution in [1.29, 1.82) is 0 Å². The molecular formula is C27H22O8. The summed E-state index contributed by atoms with van der Waals surface area (Å²) >= 11 is 0. The van der Waals surface area contributed by atoms with Crippen LogP contribution in [0.15, 0.2) is 63.8 Å². The first-order valence-corrected chi connectivity index (χ1v) is 10.9. The van der Waals surface area contributed by atoms with Gasteiger partial charge in [-0.05, 0) is 6.07 Å². The number of methoxy groups -OCH3 is 3. The van der Waals surface area contributed by atoms with E-state index >= 15 is 0 Å². The summed E-state index contributed by atoms with van der Waals surface area (Å²) < 4.78 is 28.3. The van der Waals surface area contributed by atoms with Gasteiger partial charge in [0.15, 0.2) is 16.9 Å². The molecule has 35 heavy (non-hydrogen) atoms. The molecule has 8 heteroatoms. The van der Waals surface area contributed by atoms with E-state index in [0.29, 0.717) is 39.7 Å². The second kappa shape index (κ2) is 8.72. The summed E-state index contributed by atoms with van der Waals surface area (Å²) in [6, 6.07) is 15.2. The Balaban J connectivity index is 1.84. The van der Waals surface area contributed by atoms with Crippen LogP contribution in [0.25, 0.3) is 22.3 Å². The monoisotopic (exact) mass is 474 g/mol. The van der Waals surface area contributed by atoms with E-state index in [0.717, 1.165) is 0 Å². The second-order valence-corrected chi connectivity index (χ2v) is 8.01. The summed E-state index contributed by atoms with van der Waals surface area (Å²) in [6.07, 6.45) is -0.0437. The molecule has 5 rings (SSSR count). The molecule has 4 aromatic rings. The lowest BCUT2D eigenvalue weighted by Gasteiger charge is -2.28. The first-order valence-electron chi connectivity index (χ1n) is 10.9. The molecule has 0 saturated heterocycles. The van der Waals surface area contributed by atoms with Crippen molar-refractivity contribution in [2.75, 3.05) is 21.3 Å². The Morgan fingerprint density at radius 2 is 1.66 bits per heavy atom. The van der Waals surface area contributed by atoms with Gasteiger partial charge in [0.25, 0.3) is 0 Å². The van der Waals surface area contributed by atoms with E-state index < -0.39 is 17.3 Å². The smallest absolute Gasteiger partial charge is 0.312 e. The van der Waals surface area contributed by atoms with Gasteiger partial charge in [0.2, 0.25) is 5.75 Å². The third kappa shape index (κ3) is 3.63. The van der Waals surface area contributed by atoms with E-state index in [4.69, 9.17) is 23.4 Å². The van der Waals surface area contributed by atoms with Crippen molar-refractivity contribution in [3.8, 4) is 40.1 Å². The molecule has 1 aromatic heterocycles. The molecule has 0 aliphatic carbocycles. The Hall–Kier alpha value is -4.46. The number of carbonyl (C=O) groups is 1. The first-order chi connectivity index (χ1) is 17.0. The summed E-state index contributed by atoms with van der Waals surface area (Å²) in [7, 11) is 4.50. The van der Waals surface area contributed by atoms with Crippen molar-refractivity contribution in [3.05, 3.63) is 75.9 Å². The molecular weight excluding hydrogens is 452 g/mol. The number of hydrogen-bond acceptors (Lipinski definition) is 8. The SMILES string of the molecule is COc1ccc(C2CC(=O)Oc3cc(O)c4c(=O)cc(-c5ccccc5)oc4c32)c(OC)c1OC. The van der Waals surface area contributed by atoms with Gasteiger partial charge in [-0.2, -0.15) is 0 Å². The van der Waals surface area contributed by atoms with Crippen molar-refractivity contribution in [1.82, 2.24) is 0 Å². The van der Waals surface area contributed by atoms with Crippen LogP contribution < -0.4 is 24.4 Å². The molecule has 178 valence electrons. The largest absolute Gasteiger partial charge is 0.507 e. The molecule has 0 bridgehead atoms. The van der Waals surface area contributed by atoms with E-state index in [2.05, 4.69) is 0 Å². The van der Waals surface area contributed by atoms with Crippen molar-refractivity contribution in [2.45, 2.75) is 12.3 Å². The predicted molar refractivity (Wildman–Crippen MR) is 128 cm³/mol. The Labute approximate surface area is 200 Å². The number of hydrogen-bond donors (Lipinski definition) is 1. The van der Waals surface area contributed by atoms with Gasteiger partial charge in [-0.15, -0.1) is 0 Å². The number of ether oxygens (including phenoxy) is 4. The van der Waals surface area contributed by atoms with Crippen LogP contribution in [0, 0.1) is 0 Å². The summed E-state index contributed by atoms with van der Waals surface area (Å²) in [5.74, 6) is 0.188. The third-order valence-corrected chi connectivity index (χ3v) is 6.09. The van der Waals surface area contributed by atoms with E-state index in [9.17, 15) is 14.7 Å². The number of aromatic hydroxyl groups is 1. The van der Waals surface area contributed by atoms with Crippen molar-refractivity contribution in [2.24, 2.45) is 0 Å². The van der Waals surface area contributed by atoms with Gasteiger partial charge in [0.05, 0.1) is 27.8 Å². The Morgan fingerprint density at radius 1 is 0.914 bits per heavy atom. The minimum absolute atomic E-state index is 0.00539. The zero-order valence-corrected chi connectivity index (χ0v) is 19.3. The second-order valence-electron chi connectivity index (χ2n) is 8.01. The van der Waals surface area contributed by atoms with Crippen molar-refractivity contribution >= 4 is 16.9 Å². The fraction of sp³-hybridized carbons (Fsp3) is 0.185. The van der Waals surface area contributed by atoms with Crippen LogP contribution in [-0.4, -0.2) is 32.4 Å². The lowest BCUT2D eigenvalue weighted by Crippen LogP contribution is -2.22. The molecule has 0 saturated carbocycles. The summed E-state index contributed by atoms with van der Waals surface area (Å²) in [4.78, 5) is 25.7. The Morgan fingerprint density at radius 3 is 2.34 bits per heavy atom. The highest BCUT2D eigenvalue weighted by Gasteiger charge is 2.36. The van der Waals surface area contributed by atoms with Crippen LogP contribution in [0.4, 0.5) is 0 Å². The molecule has 0 amide bonds. The van der Waals surface area contributed by atoms with Gasteiger partial charge in [0.1, 0.15) is 28.2 Å². The van der Waals surface area contributed by atoms with E-state index in [1.165, 1.54) is 33.5 Å². The minimum atomic E-state index is -0.613. The van der Waals surface area contributed by atoms with Crippen molar-refractivity contribution in [3.63, 3.8) is 0 Å². The molecule has 1 aliphatic rings. The molecule has 1 aliphatic heterocycles. The molecule has 1 atom stereocenters. The lowest BCUT2D eigenvalue weighted by molar-refractivity contribution is -0.135. The molecule has 1 N–H and O–H groups in total. The molecule has 8 nitrogen and oxygen atoms in total. The third-order valence-electron chi connectivity index (χ3n) is 6.09. The van der Waals surface area contributed by atoms with E-state index in [1.807, 2.05) is 30.3 Å². The average Bonchev–Trinajstić information content (AvgIpc) is 2.87. The number of phenolic OH excluding ortho intramolecular Hbond substituents is 1. The van der Waals surface area contributed by atoms with Crippen LogP contribution in [0.3, 0.4) is 0 Å². The normalized spacial score (nSPS) is 14.8. The fourth-order valence-corrected chi connectivity index (χ4v) is 4.57. The van der Waals surface area contributed by atoms with Gasteiger partial charge in [-0.1, -0.05) is 36.4 Å². The zero-order valence-electron chi connectivity index (χ0n) is 19.3. The fourth-order valence-electron chi connectivity index (χ4n) is 4.57. The standard InChI is InChI=1S/C27H22O8/c1-31-19-10-9-15(25(32-2)26(19)33-3)16-11-22(30)34-21-13-18(29)24-17(28)12-20(35-27(24)23(16)21)14-7-5-4-6-8-14/h4-10,12-13,16,29H,11H2,1-3H3. The van der Waals surface area contributed by atoms with Crippen molar-refractivity contribution < 1.29 is 33.3 Å². The molecule has 1 unspecified atom stereocenters. The number of benzene rings is 3. The predicted octanol–water partition coefficient (Wildman–Crippen LogP) is 4.63. The van der Waals surface area contributed by atoms with Crippen LogP contribution in [0.1, 0.15) is 23.5 Å². The Kier molecular flexibility index (Phi) is 5.56. The van der Waals surface area contributed by atoms with Crippen LogP contribution >= 0.6 is 0 Å². The lowest BCUT2D eigenvalue weighted by atomic mass is 9.84. The van der Waals surface area contributed by atoms with E-state index in [1.54, 1.807) is 12.1 Å². The molecule has 3 aromatic carbocycles. The van der Waals surface area contributed by atoms with Gasteiger partial charge < -0.3 is 28.5 Å². The maximum absolute atomic E-state index is 13.1. The molecule has 0 spiro atoms. The van der Waals surface area contributed by atoms with Crippen LogP contribution in [0.2, 0.25) is 0 Å². The van der Waals surface area contributed by atoms with E-state index in [-0.39, 0.29) is 28.9 Å². The number of carbonyl (C=O) groups excluding carboxylic acids is 1. The Bertz CT molecular complexity index is 1500. The number of phenols is 1.